The lowest BCUT2D eigenvalue weighted by Gasteiger charge is -2.25. The van der Waals surface area contributed by atoms with Gasteiger partial charge in [-0.25, -0.2) is 0 Å². The van der Waals surface area contributed by atoms with E-state index < -0.39 is 0 Å². The second-order valence-corrected chi connectivity index (χ2v) is 5.98. The Morgan fingerprint density at radius 1 is 1.44 bits per heavy atom. The zero-order valence-corrected chi connectivity index (χ0v) is 12.2. The van der Waals surface area contributed by atoms with Crippen molar-refractivity contribution >= 4 is 0 Å². The summed E-state index contributed by atoms with van der Waals surface area (Å²) in [4.78, 5) is 2.10. The van der Waals surface area contributed by atoms with Crippen molar-refractivity contribution in [3.05, 3.63) is 23.7 Å². The fourth-order valence-corrected chi connectivity index (χ4v) is 1.78. The highest BCUT2D eigenvalue weighted by Crippen LogP contribution is 2.11. The van der Waals surface area contributed by atoms with Crippen LogP contribution in [-0.2, 0) is 6.54 Å². The predicted octanol–water partition coefficient (Wildman–Crippen LogP) is 1.77. The van der Waals surface area contributed by atoms with Crippen LogP contribution in [0.3, 0.4) is 0 Å². The summed E-state index contributed by atoms with van der Waals surface area (Å²) >= 11 is 0. The van der Waals surface area contributed by atoms with Crippen LogP contribution in [-0.4, -0.2) is 41.8 Å². The molecule has 1 atom stereocenters. The quantitative estimate of drug-likeness (QED) is 0.812. The Hall–Kier alpha value is -0.840. The van der Waals surface area contributed by atoms with Crippen LogP contribution in [0.25, 0.3) is 0 Å². The minimum Gasteiger partial charge on any atom is -0.469 e. The number of hydrogen-bond donors (Lipinski definition) is 2. The normalized spacial score (nSPS) is 14.2. The maximum Gasteiger partial charge on any atom is 0.105 e. The molecule has 0 fully saturated rings. The maximum atomic E-state index is 9.95. The first-order chi connectivity index (χ1) is 8.28. The van der Waals surface area contributed by atoms with Crippen LogP contribution in [0.1, 0.15) is 32.1 Å². The molecule has 0 aliphatic carbocycles. The number of nitrogens with zero attached hydrogens (tertiary/aromatic N) is 1. The highest BCUT2D eigenvalue weighted by molar-refractivity contribution is 5.14. The number of hydrogen-bond acceptors (Lipinski definition) is 4. The zero-order chi connectivity index (χ0) is 13.8. The fraction of sp³-hybridized carbons (Fsp3) is 0.714. The molecule has 0 aliphatic rings. The summed E-state index contributed by atoms with van der Waals surface area (Å²) in [6, 6.07) is 1.98. The minimum atomic E-state index is -0.360. The van der Waals surface area contributed by atoms with Gasteiger partial charge in [-0.15, -0.1) is 0 Å². The smallest absolute Gasteiger partial charge is 0.105 e. The minimum absolute atomic E-state index is 0.0424. The molecule has 1 unspecified atom stereocenters. The zero-order valence-electron chi connectivity index (χ0n) is 12.2. The summed E-state index contributed by atoms with van der Waals surface area (Å²) in [5, 5.41) is 13.3. The molecule has 1 aromatic heterocycles. The third-order valence-corrected chi connectivity index (χ3v) is 2.80. The Labute approximate surface area is 110 Å². The number of likely N-dealkylation sites (N-methyl/N-ethyl adjacent to an activating group) is 1. The van der Waals surface area contributed by atoms with Crippen LogP contribution in [0.15, 0.2) is 16.7 Å². The number of aliphatic hydroxyl groups is 1. The van der Waals surface area contributed by atoms with Crippen molar-refractivity contribution < 1.29 is 9.52 Å². The largest absolute Gasteiger partial charge is 0.469 e. The lowest BCUT2D eigenvalue weighted by molar-refractivity contribution is 0.114. The van der Waals surface area contributed by atoms with Crippen molar-refractivity contribution in [1.29, 1.82) is 0 Å². The molecular formula is C14H26N2O2. The number of rotatable bonds is 6. The molecule has 104 valence electrons. The third-order valence-electron chi connectivity index (χ3n) is 2.80. The van der Waals surface area contributed by atoms with Gasteiger partial charge in [0.25, 0.3) is 0 Å². The Bertz CT molecular complexity index is 355. The van der Waals surface area contributed by atoms with Crippen LogP contribution in [0.2, 0.25) is 0 Å². The van der Waals surface area contributed by atoms with Gasteiger partial charge < -0.3 is 14.8 Å². The van der Waals surface area contributed by atoms with Crippen molar-refractivity contribution in [1.82, 2.24) is 10.2 Å². The van der Waals surface area contributed by atoms with Gasteiger partial charge in [0.1, 0.15) is 5.76 Å². The Morgan fingerprint density at radius 3 is 2.61 bits per heavy atom. The van der Waals surface area contributed by atoms with E-state index in [1.807, 2.05) is 20.0 Å². The Balaban J connectivity index is 2.31. The molecular weight excluding hydrogens is 228 g/mol. The van der Waals surface area contributed by atoms with E-state index in [0.717, 1.165) is 12.3 Å². The highest BCUT2D eigenvalue weighted by Gasteiger charge is 2.14. The van der Waals surface area contributed by atoms with E-state index in [4.69, 9.17) is 4.42 Å². The molecule has 1 heterocycles. The molecule has 0 amide bonds. The molecule has 0 bridgehead atoms. The average molecular weight is 254 g/mol. The topological polar surface area (TPSA) is 48.6 Å². The predicted molar refractivity (Wildman–Crippen MR) is 73.5 cm³/mol. The number of aliphatic hydroxyl groups excluding tert-OH is 1. The van der Waals surface area contributed by atoms with E-state index in [1.54, 1.807) is 6.26 Å². The fourth-order valence-electron chi connectivity index (χ4n) is 1.78. The van der Waals surface area contributed by atoms with E-state index in [9.17, 15) is 5.11 Å². The first kappa shape index (κ1) is 15.2. The number of β-amino-alcohol motifs (C(OH)–C–C–N with tert-alkyl or cyclic N) is 1. The molecule has 0 saturated heterocycles. The van der Waals surface area contributed by atoms with Crippen molar-refractivity contribution in [3.63, 3.8) is 0 Å². The number of furan rings is 1. The summed E-state index contributed by atoms with van der Waals surface area (Å²) in [5.41, 5.74) is 1.22. The second-order valence-electron chi connectivity index (χ2n) is 5.98. The number of aryl methyl sites for hydroxylation is 1. The first-order valence-corrected chi connectivity index (χ1v) is 6.42. The SMILES string of the molecule is Cc1occc1CN(C)CC(O)CNC(C)(C)C. The summed E-state index contributed by atoms with van der Waals surface area (Å²) in [6.45, 7) is 10.3. The summed E-state index contributed by atoms with van der Waals surface area (Å²) < 4.78 is 5.26. The van der Waals surface area contributed by atoms with Crippen LogP contribution in [0.5, 0.6) is 0 Å². The van der Waals surface area contributed by atoms with Gasteiger partial charge in [-0.05, 0) is 40.8 Å². The molecule has 0 spiro atoms. The summed E-state index contributed by atoms with van der Waals surface area (Å²) in [7, 11) is 2.01. The van der Waals surface area contributed by atoms with E-state index >= 15 is 0 Å². The van der Waals surface area contributed by atoms with Gasteiger partial charge in [0.15, 0.2) is 0 Å². The Morgan fingerprint density at radius 2 is 2.11 bits per heavy atom. The van der Waals surface area contributed by atoms with Gasteiger partial charge in [0.2, 0.25) is 0 Å². The maximum absolute atomic E-state index is 9.95. The molecule has 4 heteroatoms. The van der Waals surface area contributed by atoms with Crippen LogP contribution < -0.4 is 5.32 Å². The van der Waals surface area contributed by atoms with Gasteiger partial charge in [0, 0.05) is 30.7 Å². The lowest BCUT2D eigenvalue weighted by atomic mass is 10.1. The molecule has 4 nitrogen and oxygen atoms in total. The van der Waals surface area contributed by atoms with E-state index in [1.165, 1.54) is 5.56 Å². The lowest BCUT2D eigenvalue weighted by Crippen LogP contribution is -2.44. The van der Waals surface area contributed by atoms with Crippen LogP contribution >= 0.6 is 0 Å². The number of nitrogens with one attached hydrogen (secondary N) is 1. The van der Waals surface area contributed by atoms with E-state index in [2.05, 4.69) is 31.0 Å². The van der Waals surface area contributed by atoms with Gasteiger partial charge in [-0.3, -0.25) is 4.90 Å². The van der Waals surface area contributed by atoms with Crippen LogP contribution in [0.4, 0.5) is 0 Å². The summed E-state index contributed by atoms with van der Waals surface area (Å²) in [5.74, 6) is 0.948. The Kier molecular flexibility index (Phi) is 5.38. The van der Waals surface area contributed by atoms with Crippen molar-refractivity contribution in [2.75, 3.05) is 20.1 Å². The molecule has 0 aromatic carbocycles. The average Bonchev–Trinajstić information content (AvgIpc) is 2.60. The van der Waals surface area contributed by atoms with Crippen molar-refractivity contribution in [3.8, 4) is 0 Å². The van der Waals surface area contributed by atoms with E-state index in [0.29, 0.717) is 13.1 Å². The van der Waals surface area contributed by atoms with Gasteiger partial charge in [-0.2, -0.15) is 0 Å². The second kappa shape index (κ2) is 6.36. The van der Waals surface area contributed by atoms with Crippen LogP contribution in [0, 0.1) is 6.92 Å². The molecule has 2 N–H and O–H groups in total. The molecule has 0 radical (unpaired) electrons. The van der Waals surface area contributed by atoms with Crippen molar-refractivity contribution in [2.24, 2.45) is 0 Å². The molecule has 1 rings (SSSR count). The van der Waals surface area contributed by atoms with Gasteiger partial charge in [0.05, 0.1) is 12.4 Å². The van der Waals surface area contributed by atoms with E-state index in [-0.39, 0.29) is 11.6 Å². The first-order valence-electron chi connectivity index (χ1n) is 6.42. The van der Waals surface area contributed by atoms with Crippen molar-refractivity contribution in [2.45, 2.75) is 45.9 Å². The highest BCUT2D eigenvalue weighted by atomic mass is 16.3. The third kappa shape index (κ3) is 5.67. The molecule has 1 aromatic rings. The van der Waals surface area contributed by atoms with Gasteiger partial charge >= 0.3 is 0 Å². The van der Waals surface area contributed by atoms with Gasteiger partial charge in [-0.1, -0.05) is 0 Å². The summed E-state index contributed by atoms with van der Waals surface area (Å²) in [6.07, 6.45) is 1.34. The molecule has 18 heavy (non-hydrogen) atoms. The molecule has 0 saturated carbocycles. The molecule has 0 aliphatic heterocycles. The standard InChI is InChI=1S/C14H26N2O2/c1-11-12(6-7-18-11)9-16(5)10-13(17)8-15-14(2,3)4/h6-7,13,15,17H,8-10H2,1-5H3. The monoisotopic (exact) mass is 254 g/mol.